The third kappa shape index (κ3) is 3.92. The molecule has 222 valence electrons. The Hall–Kier alpha value is -4.68. The maximum Gasteiger partial charge on any atom is -0.00639 e. The summed E-state index contributed by atoms with van der Waals surface area (Å²) in [6, 6.07) is 25.3. The third-order valence-electron chi connectivity index (χ3n) is 11.6. The van der Waals surface area contributed by atoms with Crippen LogP contribution in [0.25, 0.3) is 56.3 Å². The van der Waals surface area contributed by atoms with Gasteiger partial charge in [-0.1, -0.05) is 115 Å². The Balaban J connectivity index is 1.14. The molecule has 0 aromatic heterocycles. The molecular weight excluding hydrogens is 553 g/mol. The summed E-state index contributed by atoms with van der Waals surface area (Å²) < 4.78 is 0. The van der Waals surface area contributed by atoms with Gasteiger partial charge in [0.05, 0.1) is 0 Å². The molecule has 0 spiro atoms. The van der Waals surface area contributed by atoms with Crippen molar-refractivity contribution in [1.82, 2.24) is 0 Å². The molecular formula is C46H38. The van der Waals surface area contributed by atoms with Gasteiger partial charge in [-0.2, -0.15) is 0 Å². The summed E-state index contributed by atoms with van der Waals surface area (Å²) in [5.41, 5.74) is 16.5. The van der Waals surface area contributed by atoms with Gasteiger partial charge in [-0.05, 0) is 157 Å². The summed E-state index contributed by atoms with van der Waals surface area (Å²) in [4.78, 5) is 0. The first kappa shape index (κ1) is 26.5. The average molecular weight is 591 g/mol. The van der Waals surface area contributed by atoms with Gasteiger partial charge in [0.2, 0.25) is 0 Å². The van der Waals surface area contributed by atoms with Gasteiger partial charge in [0.15, 0.2) is 0 Å². The fourth-order valence-corrected chi connectivity index (χ4v) is 9.54. The summed E-state index contributed by atoms with van der Waals surface area (Å²) in [6.45, 7) is 0. The Morgan fingerprint density at radius 1 is 0.543 bits per heavy atom. The Morgan fingerprint density at radius 3 is 2.04 bits per heavy atom. The third-order valence-corrected chi connectivity index (χ3v) is 11.6. The van der Waals surface area contributed by atoms with Gasteiger partial charge in [0.25, 0.3) is 0 Å². The van der Waals surface area contributed by atoms with Crippen LogP contribution in [-0.4, -0.2) is 0 Å². The summed E-state index contributed by atoms with van der Waals surface area (Å²) >= 11 is 0. The monoisotopic (exact) mass is 590 g/mol. The first-order chi connectivity index (χ1) is 22.8. The van der Waals surface area contributed by atoms with Gasteiger partial charge < -0.3 is 0 Å². The van der Waals surface area contributed by atoms with Crippen molar-refractivity contribution < 1.29 is 0 Å². The van der Waals surface area contributed by atoms with Crippen LogP contribution in [0.5, 0.6) is 0 Å². The highest BCUT2D eigenvalue weighted by atomic mass is 14.3. The number of benzene rings is 4. The first-order valence-corrected chi connectivity index (χ1v) is 17.5. The highest BCUT2D eigenvalue weighted by Crippen LogP contribution is 2.41. The maximum atomic E-state index is 2.55. The molecule has 0 heteroatoms. The molecule has 1 atom stereocenters. The van der Waals surface area contributed by atoms with E-state index in [4.69, 9.17) is 0 Å². The summed E-state index contributed by atoms with van der Waals surface area (Å²) in [5.74, 6) is 0.692. The zero-order valence-corrected chi connectivity index (χ0v) is 26.4. The molecule has 0 amide bonds. The summed E-state index contributed by atoms with van der Waals surface area (Å²) in [5, 5.41) is 8.79. The van der Waals surface area contributed by atoms with Gasteiger partial charge in [0, 0.05) is 0 Å². The highest BCUT2D eigenvalue weighted by Gasteiger charge is 2.27. The molecule has 0 aliphatic heterocycles. The normalized spacial score (nSPS) is 20.7. The molecule has 0 radical (unpaired) electrons. The van der Waals surface area contributed by atoms with Crippen LogP contribution >= 0.6 is 0 Å². The van der Waals surface area contributed by atoms with E-state index in [2.05, 4.69) is 115 Å². The number of hydrogen-bond donors (Lipinski definition) is 0. The summed E-state index contributed by atoms with van der Waals surface area (Å²) in [7, 11) is 0. The Kier molecular flexibility index (Phi) is 6.01. The van der Waals surface area contributed by atoms with Gasteiger partial charge in [-0.15, -0.1) is 0 Å². The minimum Gasteiger partial charge on any atom is -0.0839 e. The van der Waals surface area contributed by atoms with E-state index in [9.17, 15) is 0 Å². The maximum absolute atomic E-state index is 2.55. The largest absolute Gasteiger partial charge is 0.0839 e. The Bertz CT molecular complexity index is 2430. The van der Waals surface area contributed by atoms with E-state index in [1.165, 1.54) is 101 Å². The molecule has 4 aromatic carbocycles. The van der Waals surface area contributed by atoms with E-state index in [0.717, 1.165) is 38.5 Å². The van der Waals surface area contributed by atoms with Gasteiger partial charge in [-0.25, -0.2) is 0 Å². The predicted octanol–water partition coefficient (Wildman–Crippen LogP) is 8.80. The van der Waals surface area contributed by atoms with Crippen molar-refractivity contribution in [3.05, 3.63) is 152 Å². The molecule has 0 saturated heterocycles. The standard InChI is InChI=1S/C46H38/c1-2-11-32-28-33(25-20-29(32)10-1)45-41-16-7-5-14-39(41)44(40-15-6-8-17-42(40)45)31-23-21-30(22-24-31)34-26-27-43-36-13-4-3-12-35(36)38-19-9-18-37(34)46(38)43/h1-5,7,9,11-19,21,23,28-29H,6,8,10,20,22,24-27H2. The lowest BCUT2D eigenvalue weighted by Crippen LogP contribution is -2.35. The van der Waals surface area contributed by atoms with Gasteiger partial charge >= 0.3 is 0 Å². The van der Waals surface area contributed by atoms with Crippen molar-refractivity contribution in [2.75, 3.05) is 0 Å². The lowest BCUT2D eigenvalue weighted by molar-refractivity contribution is 0.572. The summed E-state index contributed by atoms with van der Waals surface area (Å²) in [6.07, 6.45) is 29.9. The molecule has 46 heavy (non-hydrogen) atoms. The van der Waals surface area contributed by atoms with Crippen LogP contribution in [0.4, 0.5) is 0 Å². The molecule has 0 nitrogen and oxygen atoms in total. The average Bonchev–Trinajstić information content (AvgIpc) is 3.45. The van der Waals surface area contributed by atoms with Gasteiger partial charge in [0.1, 0.15) is 0 Å². The molecule has 6 aliphatic rings. The van der Waals surface area contributed by atoms with Crippen molar-refractivity contribution in [1.29, 1.82) is 0 Å². The van der Waals surface area contributed by atoms with Crippen molar-refractivity contribution >= 4 is 45.2 Å². The molecule has 10 rings (SSSR count). The van der Waals surface area contributed by atoms with Crippen LogP contribution in [0.15, 0.2) is 114 Å². The number of hydrogen-bond acceptors (Lipinski definition) is 0. The fraction of sp³-hybridized carbons (Fsp3) is 0.217. The van der Waals surface area contributed by atoms with Crippen LogP contribution in [0.2, 0.25) is 0 Å². The molecule has 0 saturated carbocycles. The second-order valence-electron chi connectivity index (χ2n) is 14.0. The zero-order chi connectivity index (χ0) is 30.2. The second kappa shape index (κ2) is 10.4. The minimum absolute atomic E-state index is 0.692. The quantitative estimate of drug-likeness (QED) is 0.224. The van der Waals surface area contributed by atoms with Crippen LogP contribution in [0.3, 0.4) is 0 Å². The lowest BCUT2D eigenvalue weighted by Gasteiger charge is -2.28. The van der Waals surface area contributed by atoms with E-state index in [-0.39, 0.29) is 0 Å². The van der Waals surface area contributed by atoms with Crippen molar-refractivity contribution in [3.8, 4) is 11.1 Å². The molecule has 0 fully saturated rings. The van der Waals surface area contributed by atoms with Gasteiger partial charge in [-0.3, -0.25) is 0 Å². The zero-order valence-electron chi connectivity index (χ0n) is 26.4. The molecule has 1 unspecified atom stereocenters. The second-order valence-corrected chi connectivity index (χ2v) is 14.0. The van der Waals surface area contributed by atoms with E-state index in [0.29, 0.717) is 5.92 Å². The lowest BCUT2D eigenvalue weighted by atomic mass is 9.76. The topological polar surface area (TPSA) is 0 Å². The highest BCUT2D eigenvalue weighted by molar-refractivity contribution is 6.02. The van der Waals surface area contributed by atoms with Crippen LogP contribution < -0.4 is 20.9 Å². The van der Waals surface area contributed by atoms with Crippen LogP contribution in [0, 0.1) is 5.92 Å². The number of rotatable bonds is 3. The van der Waals surface area contributed by atoms with E-state index >= 15 is 0 Å². The predicted molar refractivity (Wildman–Crippen MR) is 195 cm³/mol. The van der Waals surface area contributed by atoms with Crippen molar-refractivity contribution in [2.45, 2.75) is 57.8 Å². The van der Waals surface area contributed by atoms with Crippen LogP contribution in [0.1, 0.15) is 74.5 Å². The van der Waals surface area contributed by atoms with Crippen LogP contribution in [-0.2, 0) is 0 Å². The number of allylic oxidation sites excluding steroid dienone is 10. The van der Waals surface area contributed by atoms with E-state index in [1.807, 2.05) is 0 Å². The molecule has 6 aliphatic carbocycles. The SMILES string of the molecule is C1=CCC2CCC(c3c4c(c(C5=CC=C(C6=c7cccc8c7=C(CC6)c6ccccc6-8)CC5)c5ccccc35)=CCCC=4)=CC2=C1. The number of fused-ring (bicyclic) bond motifs is 6. The first-order valence-electron chi connectivity index (χ1n) is 17.5. The minimum atomic E-state index is 0.692. The Morgan fingerprint density at radius 2 is 1.24 bits per heavy atom. The smallest absolute Gasteiger partial charge is 0.00639 e. The molecule has 0 N–H and O–H groups in total. The Labute approximate surface area is 271 Å². The van der Waals surface area contributed by atoms with Crippen molar-refractivity contribution in [2.24, 2.45) is 5.92 Å². The molecule has 4 aromatic rings. The molecule has 0 bridgehead atoms. The molecule has 0 heterocycles. The van der Waals surface area contributed by atoms with Crippen molar-refractivity contribution in [3.63, 3.8) is 0 Å². The fourth-order valence-electron chi connectivity index (χ4n) is 9.54. The van der Waals surface area contributed by atoms with E-state index in [1.54, 1.807) is 11.1 Å². The van der Waals surface area contributed by atoms with E-state index < -0.39 is 0 Å².